The van der Waals surface area contributed by atoms with Gasteiger partial charge in [-0.1, -0.05) is 20.8 Å². The Labute approximate surface area is 108 Å². The van der Waals surface area contributed by atoms with Crippen molar-refractivity contribution in [1.82, 2.24) is 0 Å². The van der Waals surface area contributed by atoms with Gasteiger partial charge in [-0.25, -0.2) is 4.79 Å². The number of rotatable bonds is 5. The molecule has 0 saturated carbocycles. The summed E-state index contributed by atoms with van der Waals surface area (Å²) in [6.07, 6.45) is 0. The highest BCUT2D eigenvalue weighted by atomic mass is 17.2. The van der Waals surface area contributed by atoms with E-state index < -0.39 is 5.97 Å². The fourth-order valence-corrected chi connectivity index (χ4v) is 1.11. The van der Waals surface area contributed by atoms with Crippen molar-refractivity contribution < 1.29 is 19.3 Å². The molecule has 0 N–H and O–H groups in total. The molecule has 0 aromatic heterocycles. The van der Waals surface area contributed by atoms with Crippen molar-refractivity contribution in [2.24, 2.45) is 5.41 Å². The minimum Gasteiger partial charge on any atom is -0.494 e. The molecule has 0 atom stereocenters. The smallest absolute Gasteiger partial charge is 0.373 e. The molecule has 4 heteroatoms. The maximum atomic E-state index is 11.6. The van der Waals surface area contributed by atoms with Crippen LogP contribution in [0.5, 0.6) is 5.75 Å². The third kappa shape index (κ3) is 5.19. The van der Waals surface area contributed by atoms with Crippen LogP contribution in [0.3, 0.4) is 0 Å². The molecule has 0 aliphatic carbocycles. The molecule has 1 aromatic carbocycles. The summed E-state index contributed by atoms with van der Waals surface area (Å²) in [6, 6.07) is 6.70. The topological polar surface area (TPSA) is 44.8 Å². The van der Waals surface area contributed by atoms with Crippen LogP contribution in [0.4, 0.5) is 0 Å². The summed E-state index contributed by atoms with van der Waals surface area (Å²) in [6.45, 7) is 9.79. The lowest BCUT2D eigenvalue weighted by Crippen LogP contribution is -2.12. The molecule has 0 aliphatic rings. The average Bonchev–Trinajstić information content (AvgIpc) is 2.28. The van der Waals surface area contributed by atoms with Gasteiger partial charge in [-0.05, 0) is 36.6 Å². The quantitative estimate of drug-likeness (QED) is 0.594. The van der Waals surface area contributed by atoms with Crippen LogP contribution in [0.15, 0.2) is 24.3 Å². The van der Waals surface area contributed by atoms with Gasteiger partial charge in [0, 0.05) is 0 Å². The van der Waals surface area contributed by atoms with Crippen molar-refractivity contribution in [2.75, 3.05) is 6.61 Å². The fraction of sp³-hybridized carbons (Fsp3) is 0.429. The van der Waals surface area contributed by atoms with Gasteiger partial charge in [0.2, 0.25) is 0 Å². The van der Waals surface area contributed by atoms with Crippen LogP contribution in [-0.4, -0.2) is 12.6 Å². The highest BCUT2D eigenvalue weighted by molar-refractivity contribution is 5.89. The summed E-state index contributed by atoms with van der Waals surface area (Å²) in [4.78, 5) is 21.0. The molecular weight excluding hydrogens is 232 g/mol. The van der Waals surface area contributed by atoms with E-state index in [4.69, 9.17) is 9.62 Å². The highest BCUT2D eigenvalue weighted by Gasteiger charge is 2.15. The van der Waals surface area contributed by atoms with E-state index in [-0.39, 0.29) is 5.41 Å². The largest absolute Gasteiger partial charge is 0.494 e. The molecule has 1 rings (SSSR count). The Morgan fingerprint density at radius 2 is 1.83 bits per heavy atom. The molecule has 0 aliphatic heterocycles. The molecule has 0 fully saturated rings. The summed E-state index contributed by atoms with van der Waals surface area (Å²) in [5, 5.41) is 0. The van der Waals surface area contributed by atoms with E-state index in [0.29, 0.717) is 12.2 Å². The van der Waals surface area contributed by atoms with Crippen LogP contribution >= 0.6 is 0 Å². The van der Waals surface area contributed by atoms with Crippen LogP contribution < -0.4 is 4.74 Å². The van der Waals surface area contributed by atoms with E-state index >= 15 is 0 Å². The third-order valence-electron chi connectivity index (χ3n) is 1.93. The van der Waals surface area contributed by atoms with Gasteiger partial charge in [0.15, 0.2) is 0 Å². The molecule has 0 amide bonds. The average molecular weight is 251 g/mol. The SMILES string of the molecule is CCOc1ccc(C(=O)OO[CH]C(C)(C)C)cc1. The number of carbonyl (C=O) groups excluding carboxylic acids is 1. The van der Waals surface area contributed by atoms with Gasteiger partial charge < -0.3 is 4.74 Å². The maximum Gasteiger partial charge on any atom is 0.373 e. The van der Waals surface area contributed by atoms with Gasteiger partial charge in [0.05, 0.1) is 12.2 Å². The molecule has 0 saturated heterocycles. The Morgan fingerprint density at radius 3 is 2.33 bits per heavy atom. The number of ether oxygens (including phenoxy) is 1. The molecule has 0 bridgehead atoms. The van der Waals surface area contributed by atoms with E-state index in [1.54, 1.807) is 24.3 Å². The van der Waals surface area contributed by atoms with Crippen molar-refractivity contribution in [3.05, 3.63) is 36.4 Å². The van der Waals surface area contributed by atoms with Crippen molar-refractivity contribution >= 4 is 5.97 Å². The summed E-state index contributed by atoms with van der Waals surface area (Å²) in [5.41, 5.74) is 0.250. The second-order valence-electron chi connectivity index (χ2n) is 4.91. The predicted molar refractivity (Wildman–Crippen MR) is 67.9 cm³/mol. The van der Waals surface area contributed by atoms with E-state index in [2.05, 4.69) is 4.89 Å². The molecule has 4 nitrogen and oxygen atoms in total. The first kappa shape index (κ1) is 14.5. The number of carbonyl (C=O) groups is 1. The lowest BCUT2D eigenvalue weighted by molar-refractivity contribution is -0.224. The van der Waals surface area contributed by atoms with Crippen LogP contribution in [0, 0.1) is 12.0 Å². The molecule has 18 heavy (non-hydrogen) atoms. The lowest BCUT2D eigenvalue weighted by atomic mass is 9.99. The Bertz CT molecular complexity index is 376. The Balaban J connectivity index is 2.46. The zero-order valence-corrected chi connectivity index (χ0v) is 11.2. The van der Waals surface area contributed by atoms with E-state index in [1.165, 1.54) is 6.61 Å². The summed E-state index contributed by atoms with van der Waals surface area (Å²) < 4.78 is 5.28. The highest BCUT2D eigenvalue weighted by Crippen LogP contribution is 2.18. The van der Waals surface area contributed by atoms with Gasteiger partial charge in [0.1, 0.15) is 12.4 Å². The van der Waals surface area contributed by atoms with Crippen LogP contribution in [0.25, 0.3) is 0 Å². The van der Waals surface area contributed by atoms with Crippen molar-refractivity contribution in [3.8, 4) is 5.75 Å². The van der Waals surface area contributed by atoms with Gasteiger partial charge in [-0.3, -0.25) is 4.89 Å². The van der Waals surface area contributed by atoms with Gasteiger partial charge in [-0.15, -0.1) is 0 Å². The van der Waals surface area contributed by atoms with E-state index in [1.807, 2.05) is 27.7 Å². The van der Waals surface area contributed by atoms with E-state index in [0.717, 1.165) is 5.75 Å². The molecule has 1 aromatic rings. The van der Waals surface area contributed by atoms with Crippen molar-refractivity contribution in [1.29, 1.82) is 0 Å². The van der Waals surface area contributed by atoms with Crippen molar-refractivity contribution in [2.45, 2.75) is 27.7 Å². The maximum absolute atomic E-state index is 11.6. The number of benzene rings is 1. The minimum atomic E-state index is -0.529. The number of hydrogen-bond acceptors (Lipinski definition) is 4. The summed E-state index contributed by atoms with van der Waals surface area (Å²) in [5.74, 6) is 0.190. The molecular formula is C14H19O4. The first-order valence-corrected chi connectivity index (χ1v) is 5.87. The fourth-order valence-electron chi connectivity index (χ4n) is 1.11. The summed E-state index contributed by atoms with van der Waals surface area (Å²) >= 11 is 0. The second kappa shape index (κ2) is 6.40. The monoisotopic (exact) mass is 251 g/mol. The van der Waals surface area contributed by atoms with Gasteiger partial charge in [0.25, 0.3) is 0 Å². The van der Waals surface area contributed by atoms with Crippen molar-refractivity contribution in [3.63, 3.8) is 0 Å². The Morgan fingerprint density at radius 1 is 1.22 bits per heavy atom. The molecule has 1 radical (unpaired) electrons. The Hall–Kier alpha value is -1.55. The third-order valence-corrected chi connectivity index (χ3v) is 1.93. The van der Waals surface area contributed by atoms with Gasteiger partial charge in [-0.2, -0.15) is 4.89 Å². The zero-order valence-electron chi connectivity index (χ0n) is 11.2. The standard InChI is InChI=1S/C14H19O4/c1-5-16-12-8-6-11(7-9-12)13(15)18-17-10-14(2,3)4/h6-10H,5H2,1-4H3. The first-order valence-electron chi connectivity index (χ1n) is 5.87. The van der Waals surface area contributed by atoms with Crippen LogP contribution in [-0.2, 0) is 9.78 Å². The molecule has 99 valence electrons. The second-order valence-corrected chi connectivity index (χ2v) is 4.91. The van der Waals surface area contributed by atoms with Gasteiger partial charge >= 0.3 is 5.97 Å². The normalized spacial score (nSPS) is 11.1. The first-order chi connectivity index (χ1) is 8.42. The zero-order chi connectivity index (χ0) is 13.6. The summed E-state index contributed by atoms with van der Waals surface area (Å²) in [7, 11) is 0. The predicted octanol–water partition coefficient (Wildman–Crippen LogP) is 3.38. The lowest BCUT2D eigenvalue weighted by Gasteiger charge is -2.15. The van der Waals surface area contributed by atoms with Crippen LogP contribution in [0.2, 0.25) is 0 Å². The Kier molecular flexibility index (Phi) is 5.16. The van der Waals surface area contributed by atoms with Crippen LogP contribution in [0.1, 0.15) is 38.1 Å². The molecule has 0 spiro atoms. The number of hydrogen-bond donors (Lipinski definition) is 0. The molecule has 0 unspecified atom stereocenters. The molecule has 0 heterocycles. The van der Waals surface area contributed by atoms with E-state index in [9.17, 15) is 4.79 Å². The minimum absolute atomic E-state index is 0.168.